The molecule has 0 aliphatic rings. The zero-order valence-electron chi connectivity index (χ0n) is 16.7. The third-order valence-electron chi connectivity index (χ3n) is 4.34. The Morgan fingerprint density at radius 1 is 1.10 bits per heavy atom. The first-order valence-electron chi connectivity index (χ1n) is 9.65. The zero-order chi connectivity index (χ0) is 22.1. The van der Waals surface area contributed by atoms with Crippen molar-refractivity contribution in [3.05, 3.63) is 60.7 Å². The number of anilines is 5. The van der Waals surface area contributed by atoms with Gasteiger partial charge in [0.2, 0.25) is 5.91 Å². The molecule has 1 amide bonds. The summed E-state index contributed by atoms with van der Waals surface area (Å²) in [5.41, 5.74) is 14.1. The maximum Gasteiger partial charge on any atom is 0.241 e. The van der Waals surface area contributed by atoms with Crippen molar-refractivity contribution >= 4 is 34.6 Å². The number of benzene rings is 1. The van der Waals surface area contributed by atoms with Gasteiger partial charge in [0.05, 0.1) is 36.0 Å². The molecule has 0 bridgehead atoms. The van der Waals surface area contributed by atoms with Crippen molar-refractivity contribution in [3.8, 4) is 6.07 Å². The fraction of sp³-hybridized carbons (Fsp3) is 0.190. The Balaban J connectivity index is 1.48. The molecule has 1 atom stereocenters. The molecule has 1 aromatic carbocycles. The minimum atomic E-state index is -0.607. The van der Waals surface area contributed by atoms with E-state index in [1.807, 2.05) is 36.4 Å². The van der Waals surface area contributed by atoms with Gasteiger partial charge >= 0.3 is 0 Å². The van der Waals surface area contributed by atoms with Crippen LogP contribution in [0, 0.1) is 11.3 Å². The van der Waals surface area contributed by atoms with Gasteiger partial charge in [-0.2, -0.15) is 5.26 Å². The molecule has 0 unspecified atom stereocenters. The number of carbonyl (C=O) groups is 1. The number of para-hydroxylation sites is 1. The Bertz CT molecular complexity index is 1050. The molecule has 7 N–H and O–H groups in total. The second-order valence-corrected chi connectivity index (χ2v) is 6.71. The van der Waals surface area contributed by atoms with E-state index >= 15 is 0 Å². The molecule has 0 spiro atoms. The molecule has 0 saturated heterocycles. The van der Waals surface area contributed by atoms with E-state index in [0.29, 0.717) is 42.4 Å². The average Bonchev–Trinajstić information content (AvgIpc) is 2.79. The van der Waals surface area contributed by atoms with Crippen molar-refractivity contribution in [1.82, 2.24) is 15.0 Å². The van der Waals surface area contributed by atoms with Crippen molar-refractivity contribution in [3.63, 3.8) is 0 Å². The Morgan fingerprint density at radius 2 is 1.87 bits per heavy atom. The maximum atomic E-state index is 12.2. The molecule has 158 valence electrons. The molecule has 3 rings (SSSR count). The lowest BCUT2D eigenvalue weighted by atomic mass is 10.1. The summed E-state index contributed by atoms with van der Waals surface area (Å²) >= 11 is 0. The molecule has 2 heterocycles. The summed E-state index contributed by atoms with van der Waals surface area (Å²) in [5.74, 6) is 0.761. The number of nitrogens with two attached hydrogens (primary N) is 2. The highest BCUT2D eigenvalue weighted by molar-refractivity contribution is 5.94. The highest BCUT2D eigenvalue weighted by Gasteiger charge is 2.13. The van der Waals surface area contributed by atoms with Crippen molar-refractivity contribution in [2.45, 2.75) is 18.9 Å². The fourth-order valence-electron chi connectivity index (χ4n) is 2.70. The lowest BCUT2D eigenvalue weighted by Gasteiger charge is -2.14. The average molecular weight is 417 g/mol. The van der Waals surface area contributed by atoms with E-state index in [1.54, 1.807) is 6.07 Å². The minimum Gasteiger partial charge on any atom is -0.396 e. The predicted octanol–water partition coefficient (Wildman–Crippen LogP) is 2.23. The molecule has 2 aromatic heterocycles. The van der Waals surface area contributed by atoms with Crippen LogP contribution in [0.15, 0.2) is 55.0 Å². The number of pyridine rings is 1. The Morgan fingerprint density at radius 3 is 2.58 bits per heavy atom. The van der Waals surface area contributed by atoms with E-state index < -0.39 is 6.04 Å². The summed E-state index contributed by atoms with van der Waals surface area (Å²) in [6.07, 6.45) is 5.54. The lowest BCUT2D eigenvalue weighted by Crippen LogP contribution is -2.35. The zero-order valence-corrected chi connectivity index (χ0v) is 16.7. The molecular formula is C21H23N9O. The molecule has 3 aromatic rings. The van der Waals surface area contributed by atoms with Gasteiger partial charge in [0.15, 0.2) is 5.69 Å². The molecule has 31 heavy (non-hydrogen) atoms. The second kappa shape index (κ2) is 10.5. The van der Waals surface area contributed by atoms with Crippen molar-refractivity contribution < 1.29 is 4.79 Å². The van der Waals surface area contributed by atoms with Crippen LogP contribution in [-0.4, -0.2) is 33.4 Å². The minimum absolute atomic E-state index is 0.218. The third kappa shape index (κ3) is 6.38. The summed E-state index contributed by atoms with van der Waals surface area (Å²) < 4.78 is 0. The highest BCUT2D eigenvalue weighted by Crippen LogP contribution is 2.22. The van der Waals surface area contributed by atoms with E-state index in [0.717, 1.165) is 5.69 Å². The normalized spacial score (nSPS) is 11.2. The molecule has 0 fully saturated rings. The fourth-order valence-corrected chi connectivity index (χ4v) is 2.70. The summed E-state index contributed by atoms with van der Waals surface area (Å²) in [7, 11) is 0. The van der Waals surface area contributed by atoms with E-state index in [1.165, 1.54) is 18.6 Å². The van der Waals surface area contributed by atoms with Crippen LogP contribution in [0.2, 0.25) is 0 Å². The topological polar surface area (TPSA) is 168 Å². The number of nitrogen functional groups attached to an aromatic ring is 1. The quantitative estimate of drug-likeness (QED) is 0.328. The van der Waals surface area contributed by atoms with Gasteiger partial charge in [-0.25, -0.2) is 15.0 Å². The van der Waals surface area contributed by atoms with Gasteiger partial charge in [-0.05, 0) is 25.0 Å². The Hall–Kier alpha value is -4.23. The summed E-state index contributed by atoms with van der Waals surface area (Å²) in [4.78, 5) is 24.4. The predicted molar refractivity (Wildman–Crippen MR) is 119 cm³/mol. The molecule has 10 heteroatoms. The van der Waals surface area contributed by atoms with Crippen LogP contribution in [0.5, 0.6) is 0 Å². The molecular weight excluding hydrogens is 394 g/mol. The monoisotopic (exact) mass is 417 g/mol. The van der Waals surface area contributed by atoms with Gasteiger partial charge in [0, 0.05) is 18.3 Å². The van der Waals surface area contributed by atoms with E-state index in [-0.39, 0.29) is 11.6 Å². The SMILES string of the molecule is N#Cc1cnc(Nc2cc(NCCC[C@H](N)C(=O)Nc3ccccc3)c(N)cn2)cn1. The van der Waals surface area contributed by atoms with E-state index in [2.05, 4.69) is 30.9 Å². The number of nitriles is 1. The van der Waals surface area contributed by atoms with Crippen LogP contribution in [0.25, 0.3) is 0 Å². The van der Waals surface area contributed by atoms with Gasteiger partial charge in [0.1, 0.15) is 17.7 Å². The maximum absolute atomic E-state index is 12.2. The van der Waals surface area contributed by atoms with Crippen LogP contribution in [0.3, 0.4) is 0 Å². The Labute approximate surface area is 179 Å². The van der Waals surface area contributed by atoms with Gasteiger partial charge in [-0.1, -0.05) is 18.2 Å². The number of hydrogen-bond donors (Lipinski definition) is 5. The number of rotatable bonds is 9. The number of carbonyl (C=O) groups excluding carboxylic acids is 1. The summed E-state index contributed by atoms with van der Waals surface area (Å²) in [6, 6.07) is 12.3. The van der Waals surface area contributed by atoms with Crippen LogP contribution in [0.4, 0.5) is 28.7 Å². The lowest BCUT2D eigenvalue weighted by molar-refractivity contribution is -0.117. The third-order valence-corrected chi connectivity index (χ3v) is 4.34. The van der Waals surface area contributed by atoms with E-state index in [9.17, 15) is 4.79 Å². The molecule has 10 nitrogen and oxygen atoms in total. The molecule has 0 radical (unpaired) electrons. The number of nitrogens with zero attached hydrogens (tertiary/aromatic N) is 4. The van der Waals surface area contributed by atoms with Crippen LogP contribution in [-0.2, 0) is 4.79 Å². The van der Waals surface area contributed by atoms with Gasteiger partial charge in [0.25, 0.3) is 0 Å². The first-order chi connectivity index (χ1) is 15.0. The summed E-state index contributed by atoms with van der Waals surface area (Å²) in [6.45, 7) is 0.580. The number of amides is 1. The number of hydrogen-bond acceptors (Lipinski definition) is 9. The van der Waals surface area contributed by atoms with E-state index in [4.69, 9.17) is 16.7 Å². The highest BCUT2D eigenvalue weighted by atomic mass is 16.2. The molecule has 0 saturated carbocycles. The van der Waals surface area contributed by atoms with Crippen molar-refractivity contribution in [2.75, 3.05) is 28.2 Å². The Kier molecular flexibility index (Phi) is 7.29. The summed E-state index contributed by atoms with van der Waals surface area (Å²) in [5, 5.41) is 17.8. The first kappa shape index (κ1) is 21.5. The largest absolute Gasteiger partial charge is 0.396 e. The van der Waals surface area contributed by atoms with Gasteiger partial charge in [-0.3, -0.25) is 4.79 Å². The second-order valence-electron chi connectivity index (χ2n) is 6.71. The van der Waals surface area contributed by atoms with Gasteiger partial charge < -0.3 is 27.4 Å². The van der Waals surface area contributed by atoms with Crippen molar-refractivity contribution in [2.24, 2.45) is 5.73 Å². The molecule has 0 aliphatic carbocycles. The van der Waals surface area contributed by atoms with Crippen LogP contribution in [0.1, 0.15) is 18.5 Å². The standard InChI is InChI=1S/C21H23N9O/c22-10-15-11-27-20(13-26-15)30-19-9-18(17(24)12-28-19)25-8-4-7-16(23)21(31)29-14-5-2-1-3-6-14/h1-3,5-6,9,11-13,16H,4,7-8,23-24H2,(H,29,31)(H2,25,27,28,30)/t16-/m0/s1. The number of nitrogens with one attached hydrogen (secondary N) is 3. The van der Waals surface area contributed by atoms with Gasteiger partial charge in [-0.15, -0.1) is 0 Å². The molecule has 0 aliphatic heterocycles. The number of aromatic nitrogens is 3. The first-order valence-corrected chi connectivity index (χ1v) is 9.65. The smallest absolute Gasteiger partial charge is 0.241 e. The van der Waals surface area contributed by atoms with Crippen LogP contribution < -0.4 is 27.4 Å². The van der Waals surface area contributed by atoms with Crippen molar-refractivity contribution in [1.29, 1.82) is 5.26 Å². The van der Waals surface area contributed by atoms with Crippen LogP contribution >= 0.6 is 0 Å².